The molecule has 0 aromatic carbocycles. The minimum atomic E-state index is -0.995. The van der Waals surface area contributed by atoms with Crippen LogP contribution in [0.5, 0.6) is 0 Å². The molecule has 9 nitrogen and oxygen atoms in total. The molecule has 2 N–H and O–H groups in total. The zero-order valence-electron chi connectivity index (χ0n) is 17.7. The highest BCUT2D eigenvalue weighted by atomic mass is 16.2. The number of carbonyl (C=O) groups excluding carboxylic acids is 4. The maximum atomic E-state index is 12.6. The summed E-state index contributed by atoms with van der Waals surface area (Å²) in [5, 5.41) is 14.6. The van der Waals surface area contributed by atoms with E-state index < -0.39 is 23.4 Å². The van der Waals surface area contributed by atoms with Gasteiger partial charge in [0.25, 0.3) is 5.91 Å². The van der Waals surface area contributed by atoms with Crippen LogP contribution in [0.4, 0.5) is 4.79 Å². The van der Waals surface area contributed by atoms with Gasteiger partial charge in [0.2, 0.25) is 11.8 Å². The van der Waals surface area contributed by atoms with Crippen molar-refractivity contribution in [1.29, 1.82) is 5.26 Å². The number of likely N-dealkylation sites (N-methyl/N-ethyl adjacent to an activating group) is 1. The Kier molecular flexibility index (Phi) is 7.22. The largest absolute Gasteiger partial charge is 0.352 e. The standard InChI is InChI=1S/C20H31N5O4/c1-5-6-13(11-21)17(27)22-14-7-9-15(10-8-14)24(4)16(26)12-25-18(28)20(2,3)23-19(25)29/h13-15H,5-10,12H2,1-4H3,(H,22,27)(H,23,29). The highest BCUT2D eigenvalue weighted by Gasteiger charge is 2.45. The van der Waals surface area contributed by atoms with Crippen molar-refractivity contribution in [2.45, 2.75) is 76.9 Å². The molecule has 0 aromatic heterocycles. The molecule has 160 valence electrons. The van der Waals surface area contributed by atoms with E-state index in [1.165, 1.54) is 0 Å². The van der Waals surface area contributed by atoms with Gasteiger partial charge >= 0.3 is 6.03 Å². The molecule has 2 rings (SSSR count). The molecule has 1 saturated carbocycles. The van der Waals surface area contributed by atoms with Crippen LogP contribution < -0.4 is 10.6 Å². The van der Waals surface area contributed by atoms with Crippen molar-refractivity contribution >= 4 is 23.8 Å². The van der Waals surface area contributed by atoms with E-state index in [0.717, 1.165) is 11.3 Å². The van der Waals surface area contributed by atoms with Crippen molar-refractivity contribution in [1.82, 2.24) is 20.4 Å². The van der Waals surface area contributed by atoms with Gasteiger partial charge in [0, 0.05) is 19.1 Å². The number of hydrogen-bond acceptors (Lipinski definition) is 5. The predicted octanol–water partition coefficient (Wildman–Crippen LogP) is 1.14. The molecule has 5 amide bonds. The average molecular weight is 405 g/mol. The van der Waals surface area contributed by atoms with Crippen molar-refractivity contribution in [2.24, 2.45) is 5.92 Å². The third-order valence-corrected chi connectivity index (χ3v) is 5.77. The molecule has 1 heterocycles. The first-order valence-corrected chi connectivity index (χ1v) is 10.2. The fraction of sp³-hybridized carbons (Fsp3) is 0.750. The topological polar surface area (TPSA) is 123 Å². The molecule has 0 radical (unpaired) electrons. The predicted molar refractivity (Wildman–Crippen MR) is 105 cm³/mol. The summed E-state index contributed by atoms with van der Waals surface area (Å²) in [6.45, 7) is 4.88. The third-order valence-electron chi connectivity index (χ3n) is 5.77. The normalized spacial score (nSPS) is 24.4. The molecule has 1 saturated heterocycles. The molecule has 1 aliphatic heterocycles. The second-order valence-corrected chi connectivity index (χ2v) is 8.44. The van der Waals surface area contributed by atoms with Crippen molar-refractivity contribution < 1.29 is 19.2 Å². The quantitative estimate of drug-likeness (QED) is 0.615. The lowest BCUT2D eigenvalue weighted by atomic mass is 9.89. The van der Waals surface area contributed by atoms with Crippen LogP contribution in [0.1, 0.15) is 59.3 Å². The molecule has 29 heavy (non-hydrogen) atoms. The number of urea groups is 1. The van der Waals surface area contributed by atoms with Gasteiger partial charge in [0.1, 0.15) is 18.0 Å². The Hall–Kier alpha value is -2.63. The summed E-state index contributed by atoms with van der Waals surface area (Å²) in [6, 6.07) is 1.50. The van der Waals surface area contributed by atoms with E-state index in [1.807, 2.05) is 6.92 Å². The molecule has 1 unspecified atom stereocenters. The maximum absolute atomic E-state index is 12.6. The summed E-state index contributed by atoms with van der Waals surface area (Å²) < 4.78 is 0. The number of carbonyl (C=O) groups is 4. The summed E-state index contributed by atoms with van der Waals surface area (Å²) in [6.07, 6.45) is 4.19. The molecule has 1 atom stereocenters. The third kappa shape index (κ3) is 5.25. The summed E-state index contributed by atoms with van der Waals surface area (Å²) in [5.41, 5.74) is -0.995. The summed E-state index contributed by atoms with van der Waals surface area (Å²) in [5.74, 6) is -1.53. The SMILES string of the molecule is CCCC(C#N)C(=O)NC1CCC(N(C)C(=O)CN2C(=O)NC(C)(C)C2=O)CC1. The van der Waals surface area contributed by atoms with Crippen LogP contribution in [0.2, 0.25) is 0 Å². The molecular formula is C20H31N5O4. The monoisotopic (exact) mass is 405 g/mol. The van der Waals surface area contributed by atoms with Gasteiger partial charge in [0.15, 0.2) is 0 Å². The van der Waals surface area contributed by atoms with Crippen molar-refractivity contribution in [2.75, 3.05) is 13.6 Å². The van der Waals surface area contributed by atoms with Crippen LogP contribution >= 0.6 is 0 Å². The Morgan fingerprint density at radius 2 is 1.93 bits per heavy atom. The van der Waals surface area contributed by atoms with Crippen LogP contribution in [0.15, 0.2) is 0 Å². The van der Waals surface area contributed by atoms with Crippen molar-refractivity contribution in [3.8, 4) is 6.07 Å². The van der Waals surface area contributed by atoms with Gasteiger partial charge in [-0.3, -0.25) is 19.3 Å². The van der Waals surface area contributed by atoms with Gasteiger partial charge in [-0.1, -0.05) is 13.3 Å². The van der Waals surface area contributed by atoms with Gasteiger partial charge in [-0.05, 0) is 46.0 Å². The zero-order valence-corrected chi connectivity index (χ0v) is 17.7. The molecular weight excluding hydrogens is 374 g/mol. The number of nitrogens with zero attached hydrogens (tertiary/aromatic N) is 3. The van der Waals surface area contributed by atoms with Crippen LogP contribution in [-0.2, 0) is 14.4 Å². The molecule has 1 aliphatic carbocycles. The Morgan fingerprint density at radius 1 is 1.31 bits per heavy atom. The molecule has 0 aromatic rings. The molecule has 0 bridgehead atoms. The molecule has 9 heteroatoms. The zero-order chi connectivity index (χ0) is 21.8. The van der Waals surface area contributed by atoms with Crippen LogP contribution in [0, 0.1) is 17.2 Å². The Labute approximate surface area is 171 Å². The Bertz CT molecular complexity index is 706. The van der Waals surface area contributed by atoms with E-state index in [4.69, 9.17) is 5.26 Å². The van der Waals surface area contributed by atoms with E-state index in [9.17, 15) is 19.2 Å². The van der Waals surface area contributed by atoms with Gasteiger partial charge in [-0.15, -0.1) is 0 Å². The first-order valence-electron chi connectivity index (χ1n) is 10.2. The van der Waals surface area contributed by atoms with E-state index in [1.54, 1.807) is 25.8 Å². The number of rotatable bonds is 7. The fourth-order valence-corrected chi connectivity index (χ4v) is 3.86. The smallest absolute Gasteiger partial charge is 0.325 e. The first-order chi connectivity index (χ1) is 13.6. The van der Waals surface area contributed by atoms with Crippen LogP contribution in [0.25, 0.3) is 0 Å². The first kappa shape index (κ1) is 22.7. The number of nitrogens with one attached hydrogen (secondary N) is 2. The summed E-state index contributed by atoms with van der Waals surface area (Å²) in [4.78, 5) is 51.6. The minimum absolute atomic E-state index is 0.00157. The van der Waals surface area contributed by atoms with Crippen LogP contribution in [-0.4, -0.2) is 64.8 Å². The van der Waals surface area contributed by atoms with Gasteiger partial charge in [0.05, 0.1) is 6.07 Å². The molecule has 2 fully saturated rings. The second-order valence-electron chi connectivity index (χ2n) is 8.44. The minimum Gasteiger partial charge on any atom is -0.352 e. The van der Waals surface area contributed by atoms with Crippen molar-refractivity contribution in [3.05, 3.63) is 0 Å². The van der Waals surface area contributed by atoms with Gasteiger partial charge in [-0.2, -0.15) is 5.26 Å². The number of hydrogen-bond donors (Lipinski definition) is 2. The summed E-state index contributed by atoms with van der Waals surface area (Å²) >= 11 is 0. The van der Waals surface area contributed by atoms with Gasteiger partial charge < -0.3 is 15.5 Å². The Balaban J connectivity index is 1.84. The average Bonchev–Trinajstić information content (AvgIpc) is 2.87. The number of imide groups is 1. The molecule has 2 aliphatic rings. The van der Waals surface area contributed by atoms with E-state index in [0.29, 0.717) is 32.1 Å². The second kappa shape index (κ2) is 9.25. The van der Waals surface area contributed by atoms with Crippen LogP contribution in [0.3, 0.4) is 0 Å². The lowest BCUT2D eigenvalue weighted by Crippen LogP contribution is -2.49. The van der Waals surface area contributed by atoms with Crippen molar-refractivity contribution in [3.63, 3.8) is 0 Å². The fourth-order valence-electron chi connectivity index (χ4n) is 3.86. The van der Waals surface area contributed by atoms with E-state index >= 15 is 0 Å². The lowest BCUT2D eigenvalue weighted by Gasteiger charge is -2.35. The molecule has 0 spiro atoms. The number of amides is 5. The highest BCUT2D eigenvalue weighted by Crippen LogP contribution is 2.24. The van der Waals surface area contributed by atoms with Gasteiger partial charge in [-0.25, -0.2) is 4.79 Å². The maximum Gasteiger partial charge on any atom is 0.325 e. The van der Waals surface area contributed by atoms with E-state index in [2.05, 4.69) is 16.7 Å². The number of nitriles is 1. The highest BCUT2D eigenvalue weighted by molar-refractivity contribution is 6.08. The Morgan fingerprint density at radius 3 is 2.41 bits per heavy atom. The lowest BCUT2D eigenvalue weighted by molar-refractivity contribution is -0.139. The summed E-state index contributed by atoms with van der Waals surface area (Å²) in [7, 11) is 1.68. The van der Waals surface area contributed by atoms with E-state index in [-0.39, 0.29) is 30.4 Å².